The summed E-state index contributed by atoms with van der Waals surface area (Å²) in [6, 6.07) is 15.3. The molecule has 1 N–H and O–H groups in total. The molecule has 144 valence electrons. The lowest BCUT2D eigenvalue weighted by Crippen LogP contribution is -2.41. The molecule has 1 aliphatic rings. The Morgan fingerprint density at radius 2 is 1.96 bits per heavy atom. The molecule has 2 heterocycles. The van der Waals surface area contributed by atoms with Crippen LogP contribution in [-0.4, -0.2) is 35.6 Å². The van der Waals surface area contributed by atoms with E-state index in [0.717, 1.165) is 47.7 Å². The second-order valence-corrected chi connectivity index (χ2v) is 6.95. The van der Waals surface area contributed by atoms with Gasteiger partial charge in [0.1, 0.15) is 11.6 Å². The van der Waals surface area contributed by atoms with Crippen LogP contribution in [0.5, 0.6) is 5.75 Å². The maximum absolute atomic E-state index is 12.8. The first-order valence-corrected chi connectivity index (χ1v) is 9.73. The van der Waals surface area contributed by atoms with E-state index in [0.29, 0.717) is 13.2 Å². The number of para-hydroxylation sites is 2. The largest absolute Gasteiger partial charge is 0.494 e. The molecule has 1 amide bonds. The van der Waals surface area contributed by atoms with Crippen LogP contribution in [0.4, 0.5) is 11.5 Å². The second-order valence-electron chi connectivity index (χ2n) is 6.95. The first kappa shape index (κ1) is 18.2. The number of amides is 1. The number of fused-ring (bicyclic) bond motifs is 1. The Labute approximate surface area is 164 Å². The highest BCUT2D eigenvalue weighted by Gasteiger charge is 2.27. The lowest BCUT2D eigenvalue weighted by atomic mass is 9.97. The molecule has 1 atom stereocenters. The molecule has 1 saturated heterocycles. The molecule has 3 aromatic rings. The Hall–Kier alpha value is -3.15. The summed E-state index contributed by atoms with van der Waals surface area (Å²) in [7, 11) is 0. The SMILES string of the molecule is CCOc1ccc(NC(=O)C2CCCN(c3cnc4ccccc4n3)C2)cc1. The van der Waals surface area contributed by atoms with Gasteiger partial charge < -0.3 is 15.0 Å². The van der Waals surface area contributed by atoms with E-state index in [9.17, 15) is 4.79 Å². The van der Waals surface area contributed by atoms with Crippen molar-refractivity contribution in [3.05, 3.63) is 54.7 Å². The van der Waals surface area contributed by atoms with Gasteiger partial charge in [-0.1, -0.05) is 12.1 Å². The average Bonchev–Trinajstić information content (AvgIpc) is 2.75. The molecule has 0 bridgehead atoms. The molecule has 6 heteroatoms. The number of benzene rings is 2. The van der Waals surface area contributed by atoms with Gasteiger partial charge in [0.2, 0.25) is 5.91 Å². The van der Waals surface area contributed by atoms with E-state index >= 15 is 0 Å². The maximum atomic E-state index is 12.8. The molecule has 28 heavy (non-hydrogen) atoms. The number of aromatic nitrogens is 2. The van der Waals surface area contributed by atoms with Crippen molar-refractivity contribution in [1.29, 1.82) is 0 Å². The average molecular weight is 376 g/mol. The van der Waals surface area contributed by atoms with E-state index in [4.69, 9.17) is 9.72 Å². The number of nitrogens with one attached hydrogen (secondary N) is 1. The topological polar surface area (TPSA) is 67.3 Å². The number of ether oxygens (including phenoxy) is 1. The minimum atomic E-state index is -0.0754. The van der Waals surface area contributed by atoms with Crippen LogP contribution in [0.15, 0.2) is 54.7 Å². The summed E-state index contributed by atoms with van der Waals surface area (Å²) in [5.74, 6) is 1.60. The summed E-state index contributed by atoms with van der Waals surface area (Å²) in [4.78, 5) is 24.1. The number of nitrogens with zero attached hydrogens (tertiary/aromatic N) is 3. The van der Waals surface area contributed by atoms with Gasteiger partial charge in [0.15, 0.2) is 0 Å². The Kier molecular flexibility index (Phi) is 5.37. The Bertz CT molecular complexity index is 958. The summed E-state index contributed by atoms with van der Waals surface area (Å²) in [6.07, 6.45) is 3.63. The summed E-state index contributed by atoms with van der Waals surface area (Å²) in [6.45, 7) is 4.11. The molecular formula is C22H24N4O2. The van der Waals surface area contributed by atoms with Crippen LogP contribution in [0.3, 0.4) is 0 Å². The fourth-order valence-corrected chi connectivity index (χ4v) is 3.54. The van der Waals surface area contributed by atoms with Gasteiger partial charge in [-0.3, -0.25) is 9.78 Å². The number of piperidine rings is 1. The minimum absolute atomic E-state index is 0.0441. The molecule has 1 unspecified atom stereocenters. The lowest BCUT2D eigenvalue weighted by Gasteiger charge is -2.32. The van der Waals surface area contributed by atoms with Gasteiger partial charge in [-0.2, -0.15) is 0 Å². The number of carbonyl (C=O) groups excluding carboxylic acids is 1. The monoisotopic (exact) mass is 376 g/mol. The third kappa shape index (κ3) is 4.06. The lowest BCUT2D eigenvalue weighted by molar-refractivity contribution is -0.120. The third-order valence-corrected chi connectivity index (χ3v) is 4.98. The first-order chi connectivity index (χ1) is 13.7. The van der Waals surface area contributed by atoms with Crippen LogP contribution in [0.25, 0.3) is 11.0 Å². The first-order valence-electron chi connectivity index (χ1n) is 9.73. The van der Waals surface area contributed by atoms with Crippen molar-refractivity contribution in [2.75, 3.05) is 29.9 Å². The zero-order valence-electron chi connectivity index (χ0n) is 16.0. The zero-order valence-corrected chi connectivity index (χ0v) is 16.0. The molecule has 4 rings (SSSR count). The van der Waals surface area contributed by atoms with Crippen molar-refractivity contribution in [3.8, 4) is 5.75 Å². The number of anilines is 2. The number of carbonyl (C=O) groups is 1. The minimum Gasteiger partial charge on any atom is -0.494 e. The van der Waals surface area contributed by atoms with Gasteiger partial charge in [0.05, 0.1) is 29.8 Å². The quantitative estimate of drug-likeness (QED) is 0.732. The van der Waals surface area contributed by atoms with Crippen LogP contribution < -0.4 is 15.0 Å². The number of rotatable bonds is 5. The van der Waals surface area contributed by atoms with Gasteiger partial charge in [-0.05, 0) is 56.2 Å². The Balaban J connectivity index is 1.42. The van der Waals surface area contributed by atoms with Crippen molar-refractivity contribution in [2.45, 2.75) is 19.8 Å². The summed E-state index contributed by atoms with van der Waals surface area (Å²) < 4.78 is 5.44. The zero-order chi connectivity index (χ0) is 19.3. The number of hydrogen-bond donors (Lipinski definition) is 1. The predicted molar refractivity (Wildman–Crippen MR) is 111 cm³/mol. The molecular weight excluding hydrogens is 352 g/mol. The maximum Gasteiger partial charge on any atom is 0.229 e. The molecule has 0 aliphatic carbocycles. The van der Waals surface area contributed by atoms with Crippen LogP contribution in [0, 0.1) is 5.92 Å². The second kappa shape index (κ2) is 8.25. The van der Waals surface area contributed by atoms with Gasteiger partial charge in [0.25, 0.3) is 0 Å². The van der Waals surface area contributed by atoms with E-state index in [-0.39, 0.29) is 11.8 Å². The molecule has 2 aromatic carbocycles. The van der Waals surface area contributed by atoms with Gasteiger partial charge >= 0.3 is 0 Å². The van der Waals surface area contributed by atoms with E-state index in [1.807, 2.05) is 55.5 Å². The predicted octanol–water partition coefficient (Wildman–Crippen LogP) is 3.88. The van der Waals surface area contributed by atoms with Crippen molar-refractivity contribution < 1.29 is 9.53 Å². The summed E-state index contributed by atoms with van der Waals surface area (Å²) in [5.41, 5.74) is 2.55. The van der Waals surface area contributed by atoms with Crippen LogP contribution in [0.2, 0.25) is 0 Å². The molecule has 0 spiro atoms. The fourth-order valence-electron chi connectivity index (χ4n) is 3.54. The van der Waals surface area contributed by atoms with Crippen molar-refractivity contribution >= 4 is 28.4 Å². The normalized spacial score (nSPS) is 16.8. The van der Waals surface area contributed by atoms with Crippen molar-refractivity contribution in [1.82, 2.24) is 9.97 Å². The third-order valence-electron chi connectivity index (χ3n) is 4.98. The smallest absolute Gasteiger partial charge is 0.229 e. The molecule has 1 aromatic heterocycles. The van der Waals surface area contributed by atoms with Crippen LogP contribution >= 0.6 is 0 Å². The molecule has 0 radical (unpaired) electrons. The van der Waals surface area contributed by atoms with E-state index in [1.54, 1.807) is 6.20 Å². The highest BCUT2D eigenvalue weighted by atomic mass is 16.5. The van der Waals surface area contributed by atoms with E-state index in [1.165, 1.54) is 0 Å². The van der Waals surface area contributed by atoms with Gasteiger partial charge in [-0.15, -0.1) is 0 Å². The van der Waals surface area contributed by atoms with E-state index < -0.39 is 0 Å². The van der Waals surface area contributed by atoms with Crippen LogP contribution in [-0.2, 0) is 4.79 Å². The Morgan fingerprint density at radius 3 is 2.75 bits per heavy atom. The van der Waals surface area contributed by atoms with Gasteiger partial charge in [-0.25, -0.2) is 4.98 Å². The molecule has 1 aliphatic heterocycles. The summed E-state index contributed by atoms with van der Waals surface area (Å²) >= 11 is 0. The number of hydrogen-bond acceptors (Lipinski definition) is 5. The molecule has 0 saturated carbocycles. The van der Waals surface area contributed by atoms with E-state index in [2.05, 4.69) is 15.2 Å². The highest BCUT2D eigenvalue weighted by Crippen LogP contribution is 2.24. The Morgan fingerprint density at radius 1 is 1.18 bits per heavy atom. The molecule has 6 nitrogen and oxygen atoms in total. The van der Waals surface area contributed by atoms with Gasteiger partial charge in [0, 0.05) is 18.8 Å². The fraction of sp³-hybridized carbons (Fsp3) is 0.318. The molecule has 1 fully saturated rings. The van der Waals surface area contributed by atoms with Crippen molar-refractivity contribution in [2.24, 2.45) is 5.92 Å². The standard InChI is InChI=1S/C22H24N4O2/c1-2-28-18-11-9-17(10-12-18)24-22(27)16-6-5-13-26(15-16)21-14-23-19-7-3-4-8-20(19)25-21/h3-4,7-12,14,16H,2,5-6,13,15H2,1H3,(H,24,27). The summed E-state index contributed by atoms with van der Waals surface area (Å²) in [5, 5.41) is 3.03. The highest BCUT2D eigenvalue weighted by molar-refractivity contribution is 5.93. The van der Waals surface area contributed by atoms with Crippen molar-refractivity contribution in [3.63, 3.8) is 0 Å². The van der Waals surface area contributed by atoms with Crippen LogP contribution in [0.1, 0.15) is 19.8 Å².